The van der Waals surface area contributed by atoms with E-state index < -0.39 is 0 Å². The fourth-order valence-corrected chi connectivity index (χ4v) is 3.86. The third-order valence-electron chi connectivity index (χ3n) is 4.50. The van der Waals surface area contributed by atoms with E-state index in [1.807, 2.05) is 6.07 Å². The van der Waals surface area contributed by atoms with E-state index in [2.05, 4.69) is 33.2 Å². The Morgan fingerprint density at radius 1 is 1.30 bits per heavy atom. The molecule has 1 aromatic rings. The van der Waals surface area contributed by atoms with Gasteiger partial charge in [0.2, 0.25) is 0 Å². The summed E-state index contributed by atoms with van der Waals surface area (Å²) in [7, 11) is 2.12. The first-order valence-corrected chi connectivity index (χ1v) is 7.81. The van der Waals surface area contributed by atoms with Gasteiger partial charge in [0, 0.05) is 34.7 Å². The summed E-state index contributed by atoms with van der Waals surface area (Å²) in [5.74, 6) is -0.105. The molecule has 0 radical (unpaired) electrons. The first-order valence-electron chi connectivity index (χ1n) is 7.02. The molecule has 2 unspecified atom stereocenters. The van der Waals surface area contributed by atoms with Crippen LogP contribution >= 0.6 is 28.3 Å². The normalized spacial score (nSPS) is 28.5. The van der Waals surface area contributed by atoms with Gasteiger partial charge in [-0.2, -0.15) is 0 Å². The van der Waals surface area contributed by atoms with Crippen LogP contribution in [0.3, 0.4) is 0 Å². The highest BCUT2D eigenvalue weighted by Gasteiger charge is 2.35. The van der Waals surface area contributed by atoms with E-state index in [-0.39, 0.29) is 18.2 Å². The topological polar surface area (TPSA) is 15.3 Å². The van der Waals surface area contributed by atoms with Crippen LogP contribution in [0.15, 0.2) is 22.7 Å². The molecule has 0 saturated carbocycles. The van der Waals surface area contributed by atoms with Crippen molar-refractivity contribution in [3.63, 3.8) is 0 Å². The Labute approximate surface area is 134 Å². The summed E-state index contributed by atoms with van der Waals surface area (Å²) in [5.41, 5.74) is 0.780. The van der Waals surface area contributed by atoms with Gasteiger partial charge in [-0.05, 0) is 50.9 Å². The molecule has 5 heteroatoms. The van der Waals surface area contributed by atoms with Crippen LogP contribution in [-0.4, -0.2) is 30.1 Å². The van der Waals surface area contributed by atoms with Crippen LogP contribution in [0.2, 0.25) is 0 Å². The number of rotatable bonds is 3. The lowest BCUT2D eigenvalue weighted by molar-refractivity contribution is 0.164. The number of hydrogen-bond donors (Lipinski definition) is 1. The lowest BCUT2D eigenvalue weighted by atomic mass is 9.98. The fourth-order valence-electron chi connectivity index (χ4n) is 3.45. The molecule has 2 aliphatic heterocycles. The highest BCUT2D eigenvalue weighted by molar-refractivity contribution is 9.10. The SMILES string of the molecule is CN(Cc1cc(Br)ccc1F)C1CC2CCC(C1)N2.Cl. The summed E-state index contributed by atoms with van der Waals surface area (Å²) in [6, 6.07) is 7.12. The van der Waals surface area contributed by atoms with Crippen molar-refractivity contribution in [1.29, 1.82) is 0 Å². The minimum atomic E-state index is -0.105. The van der Waals surface area contributed by atoms with E-state index in [0.29, 0.717) is 24.7 Å². The Morgan fingerprint density at radius 2 is 1.95 bits per heavy atom. The Bertz CT molecular complexity index is 459. The van der Waals surface area contributed by atoms with Crippen molar-refractivity contribution in [2.75, 3.05) is 7.05 Å². The fraction of sp³-hybridized carbons (Fsp3) is 0.600. The molecule has 2 nitrogen and oxygen atoms in total. The zero-order valence-electron chi connectivity index (χ0n) is 11.6. The van der Waals surface area contributed by atoms with Crippen LogP contribution < -0.4 is 5.32 Å². The van der Waals surface area contributed by atoms with Crippen molar-refractivity contribution < 1.29 is 4.39 Å². The average Bonchev–Trinajstić information content (AvgIpc) is 2.72. The number of nitrogens with zero attached hydrogens (tertiary/aromatic N) is 1. The van der Waals surface area contributed by atoms with Crippen molar-refractivity contribution in [2.45, 2.75) is 50.4 Å². The second-order valence-electron chi connectivity index (χ2n) is 5.91. The van der Waals surface area contributed by atoms with Crippen molar-refractivity contribution in [3.05, 3.63) is 34.1 Å². The van der Waals surface area contributed by atoms with Gasteiger partial charge in [0.05, 0.1) is 0 Å². The summed E-state index contributed by atoms with van der Waals surface area (Å²) in [4.78, 5) is 2.32. The summed E-state index contributed by atoms with van der Waals surface area (Å²) < 4.78 is 14.7. The Kier molecular flexibility index (Phi) is 5.46. The van der Waals surface area contributed by atoms with Crippen LogP contribution in [-0.2, 0) is 6.54 Å². The minimum absolute atomic E-state index is 0. The van der Waals surface area contributed by atoms with Crippen molar-refractivity contribution in [3.8, 4) is 0 Å². The number of benzene rings is 1. The van der Waals surface area contributed by atoms with Gasteiger partial charge in [0.25, 0.3) is 0 Å². The van der Waals surface area contributed by atoms with Crippen LogP contribution in [0.25, 0.3) is 0 Å². The predicted molar refractivity (Wildman–Crippen MR) is 85.8 cm³/mol. The number of halogens is 3. The van der Waals surface area contributed by atoms with Crippen LogP contribution in [0, 0.1) is 5.82 Å². The zero-order chi connectivity index (χ0) is 13.4. The van der Waals surface area contributed by atoms with E-state index in [1.54, 1.807) is 12.1 Å². The van der Waals surface area contributed by atoms with Crippen molar-refractivity contribution in [2.24, 2.45) is 0 Å². The van der Waals surface area contributed by atoms with Gasteiger partial charge in [0.15, 0.2) is 0 Å². The molecular weight excluding hydrogens is 343 g/mol. The molecule has 2 fully saturated rings. The molecule has 1 aromatic carbocycles. The number of nitrogens with one attached hydrogen (secondary N) is 1. The van der Waals surface area contributed by atoms with E-state index in [0.717, 1.165) is 10.0 Å². The van der Waals surface area contributed by atoms with Crippen molar-refractivity contribution >= 4 is 28.3 Å². The summed E-state index contributed by atoms with van der Waals surface area (Å²) >= 11 is 3.42. The van der Waals surface area contributed by atoms with E-state index in [9.17, 15) is 4.39 Å². The highest BCUT2D eigenvalue weighted by atomic mass is 79.9. The lowest BCUT2D eigenvalue weighted by Gasteiger charge is -2.35. The molecule has 2 heterocycles. The molecule has 112 valence electrons. The highest BCUT2D eigenvalue weighted by Crippen LogP contribution is 2.30. The summed E-state index contributed by atoms with van der Waals surface area (Å²) in [6.45, 7) is 0.690. The zero-order valence-corrected chi connectivity index (χ0v) is 14.0. The molecule has 2 aliphatic rings. The number of fused-ring (bicyclic) bond motifs is 2. The van der Waals surface area contributed by atoms with Gasteiger partial charge in [-0.3, -0.25) is 4.90 Å². The van der Waals surface area contributed by atoms with Crippen LogP contribution in [0.5, 0.6) is 0 Å². The molecule has 0 aromatic heterocycles. The van der Waals surface area contributed by atoms with Gasteiger partial charge >= 0.3 is 0 Å². The third-order valence-corrected chi connectivity index (χ3v) is 4.99. The maximum Gasteiger partial charge on any atom is 0.127 e. The number of piperidine rings is 1. The van der Waals surface area contributed by atoms with Gasteiger partial charge in [-0.1, -0.05) is 15.9 Å². The van der Waals surface area contributed by atoms with E-state index in [1.165, 1.54) is 25.7 Å². The Hall–Kier alpha value is -0.160. The second kappa shape index (κ2) is 6.73. The molecule has 2 saturated heterocycles. The smallest absolute Gasteiger partial charge is 0.127 e. The molecule has 2 atom stereocenters. The quantitative estimate of drug-likeness (QED) is 0.880. The maximum atomic E-state index is 13.8. The first kappa shape index (κ1) is 16.2. The van der Waals surface area contributed by atoms with Gasteiger partial charge < -0.3 is 5.32 Å². The summed E-state index contributed by atoms with van der Waals surface area (Å²) in [6.07, 6.45) is 5.01. The molecule has 20 heavy (non-hydrogen) atoms. The lowest BCUT2D eigenvalue weighted by Crippen LogP contribution is -2.46. The molecule has 0 aliphatic carbocycles. The molecular formula is C15H21BrClFN2. The molecule has 0 amide bonds. The largest absolute Gasteiger partial charge is 0.311 e. The van der Waals surface area contributed by atoms with Gasteiger partial charge in [0.1, 0.15) is 5.82 Å². The molecule has 0 spiro atoms. The maximum absolute atomic E-state index is 13.8. The van der Waals surface area contributed by atoms with Crippen molar-refractivity contribution in [1.82, 2.24) is 10.2 Å². The van der Waals surface area contributed by atoms with Crippen LogP contribution in [0.1, 0.15) is 31.2 Å². The second-order valence-corrected chi connectivity index (χ2v) is 6.83. The monoisotopic (exact) mass is 362 g/mol. The molecule has 3 rings (SSSR count). The standard InChI is InChI=1S/C15H20BrFN2.ClH/c1-19(9-10-6-11(16)2-5-15(10)17)14-7-12-3-4-13(8-14)18-12;/h2,5-6,12-14,18H,3-4,7-9H2,1H3;1H. The predicted octanol–water partition coefficient (Wildman–Crippen LogP) is 3.72. The van der Waals surface area contributed by atoms with Gasteiger partial charge in [-0.15, -0.1) is 12.4 Å². The Balaban J connectivity index is 0.00000147. The Morgan fingerprint density at radius 3 is 2.60 bits per heavy atom. The minimum Gasteiger partial charge on any atom is -0.311 e. The molecule has 1 N–H and O–H groups in total. The third kappa shape index (κ3) is 3.53. The number of hydrogen-bond acceptors (Lipinski definition) is 2. The van der Waals surface area contributed by atoms with Crippen LogP contribution in [0.4, 0.5) is 4.39 Å². The first-order chi connectivity index (χ1) is 9.11. The van der Waals surface area contributed by atoms with E-state index >= 15 is 0 Å². The average molecular weight is 364 g/mol. The van der Waals surface area contributed by atoms with E-state index in [4.69, 9.17) is 0 Å². The van der Waals surface area contributed by atoms with Gasteiger partial charge in [-0.25, -0.2) is 4.39 Å². The molecule has 2 bridgehead atoms. The summed E-state index contributed by atoms with van der Waals surface area (Å²) in [5, 5.41) is 3.65.